The van der Waals surface area contributed by atoms with Gasteiger partial charge in [-0.25, -0.2) is 4.39 Å². The summed E-state index contributed by atoms with van der Waals surface area (Å²) in [6.45, 7) is 6.41. The minimum absolute atomic E-state index is 0.0299. The summed E-state index contributed by atoms with van der Waals surface area (Å²) >= 11 is 0. The lowest BCUT2D eigenvalue weighted by Crippen LogP contribution is -2.61. The molecule has 0 radical (unpaired) electrons. The molecule has 2 aromatic rings. The summed E-state index contributed by atoms with van der Waals surface area (Å²) in [5.41, 5.74) is 1.02. The Hall–Kier alpha value is -5.38. The first-order chi connectivity index (χ1) is 27.6. The third kappa shape index (κ3) is 11.4. The third-order valence-corrected chi connectivity index (χ3v) is 11.1. The predicted octanol–water partition coefficient (Wildman–Crippen LogP) is 0.771. The molecular weight excluding hydrogens is 750 g/mol. The molecule has 314 valence electrons. The normalized spacial score (nSPS) is 28.1. The predicted molar refractivity (Wildman–Crippen MR) is 211 cm³/mol. The van der Waals surface area contributed by atoms with Crippen molar-refractivity contribution in [3.05, 3.63) is 71.5 Å². The van der Waals surface area contributed by atoms with Crippen molar-refractivity contribution in [2.75, 3.05) is 6.54 Å². The highest BCUT2D eigenvalue weighted by atomic mass is 19.1. The molecule has 0 aromatic heterocycles. The van der Waals surface area contributed by atoms with E-state index in [9.17, 15) is 43.1 Å². The van der Waals surface area contributed by atoms with Crippen LogP contribution in [0.1, 0.15) is 77.3 Å². The summed E-state index contributed by atoms with van der Waals surface area (Å²) in [7, 11) is 0. The van der Waals surface area contributed by atoms with Gasteiger partial charge in [-0.05, 0) is 69.1 Å². The van der Waals surface area contributed by atoms with Gasteiger partial charge in [0.05, 0.1) is 12.0 Å². The number of aryl methyl sites for hydroxylation is 1. The van der Waals surface area contributed by atoms with Crippen molar-refractivity contribution >= 4 is 41.4 Å². The maximum Gasteiger partial charge on any atom is 0.246 e. The second-order valence-corrected chi connectivity index (χ2v) is 16.1. The molecule has 2 saturated heterocycles. The molecule has 1 aliphatic carbocycles. The van der Waals surface area contributed by atoms with Gasteiger partial charge in [-0.2, -0.15) is 0 Å². The number of benzene rings is 2. The van der Waals surface area contributed by atoms with E-state index in [2.05, 4.69) is 31.9 Å². The van der Waals surface area contributed by atoms with Crippen LogP contribution in [-0.4, -0.2) is 106 Å². The van der Waals surface area contributed by atoms with Gasteiger partial charge in [-0.3, -0.25) is 33.6 Å². The average molecular weight is 806 g/mol. The van der Waals surface area contributed by atoms with E-state index in [-0.39, 0.29) is 44.6 Å². The fourth-order valence-electron chi connectivity index (χ4n) is 7.96. The zero-order valence-corrected chi connectivity index (χ0v) is 33.5. The second kappa shape index (κ2) is 19.9. The smallest absolute Gasteiger partial charge is 0.246 e. The Morgan fingerprint density at radius 1 is 0.828 bits per heavy atom. The third-order valence-electron chi connectivity index (χ3n) is 11.1. The molecule has 7 N–H and O–H groups in total. The minimum atomic E-state index is -1.54. The summed E-state index contributed by atoms with van der Waals surface area (Å²) in [4.78, 5) is 98.2. The van der Waals surface area contributed by atoms with Gasteiger partial charge < -0.3 is 41.9 Å². The van der Waals surface area contributed by atoms with Gasteiger partial charge in [0.2, 0.25) is 41.4 Å². The van der Waals surface area contributed by atoms with Gasteiger partial charge >= 0.3 is 0 Å². The van der Waals surface area contributed by atoms with Crippen LogP contribution in [-0.2, 0) is 46.4 Å². The summed E-state index contributed by atoms with van der Waals surface area (Å²) in [6.07, 6.45) is 0.350. The van der Waals surface area contributed by atoms with E-state index in [4.69, 9.17) is 0 Å². The first-order valence-electron chi connectivity index (χ1n) is 20.2. The first-order valence-corrected chi connectivity index (χ1v) is 20.2. The number of carbonyl (C=O) groups is 7. The Labute approximate surface area is 338 Å². The fraction of sp³-hybridized carbons (Fsp3) is 0.548. The van der Waals surface area contributed by atoms with Crippen LogP contribution < -0.4 is 31.9 Å². The Bertz CT molecular complexity index is 1830. The summed E-state index contributed by atoms with van der Waals surface area (Å²) in [6, 6.07) is 7.42. The molecule has 9 atom stereocenters. The van der Waals surface area contributed by atoms with Crippen LogP contribution in [0.2, 0.25) is 0 Å². The molecule has 15 nitrogen and oxygen atoms in total. The van der Waals surface area contributed by atoms with Crippen LogP contribution in [0, 0.1) is 17.7 Å². The van der Waals surface area contributed by atoms with E-state index < -0.39 is 101 Å². The van der Waals surface area contributed by atoms with Crippen molar-refractivity contribution < 1.29 is 43.1 Å². The lowest BCUT2D eigenvalue weighted by molar-refractivity contribution is -0.143. The highest BCUT2D eigenvalue weighted by molar-refractivity contribution is 5.97. The number of halogens is 1. The van der Waals surface area contributed by atoms with E-state index in [1.807, 2.05) is 13.8 Å². The standard InChI is InChI=1S/C42H56FN7O8/c1-23(2)19-32-39(55)49-36(25(4)51)41(57)48-33(20-26-11-6-5-7-12-26)42(58)50-22-28(45-35(52)18-17-27-13-8-9-15-30(27)43)21-34(50)40(56)44-24(3)37(53)46-31-16-10-14-29(31)38(54)47-32/h5-9,11-13,15,23-25,28-29,31-34,36,51H,10,14,16-22H2,1-4H3,(H,44,56)(H,45,52)(H,46,53)(H,47,54)(H,48,57)(H,49,55)/t24-,25+,28+,29+,31+,32-,33-,34?,36-/m0/s1. The van der Waals surface area contributed by atoms with Gasteiger partial charge in [0.25, 0.3) is 0 Å². The molecule has 2 heterocycles. The molecule has 1 saturated carbocycles. The van der Waals surface area contributed by atoms with E-state index in [1.165, 1.54) is 24.8 Å². The van der Waals surface area contributed by atoms with E-state index in [0.29, 0.717) is 30.4 Å². The number of nitrogens with zero attached hydrogens (tertiary/aromatic N) is 1. The molecule has 1 unspecified atom stereocenters. The Balaban J connectivity index is 1.47. The van der Waals surface area contributed by atoms with Crippen LogP contribution in [0.5, 0.6) is 0 Å². The maximum absolute atomic E-state index is 14.7. The molecule has 16 heteroatoms. The van der Waals surface area contributed by atoms with Gasteiger partial charge in [-0.15, -0.1) is 0 Å². The highest BCUT2D eigenvalue weighted by Crippen LogP contribution is 2.27. The molecule has 0 bridgehead atoms. The van der Waals surface area contributed by atoms with E-state index in [0.717, 1.165) is 0 Å². The lowest BCUT2D eigenvalue weighted by atomic mass is 9.98. The van der Waals surface area contributed by atoms with Crippen molar-refractivity contribution in [2.24, 2.45) is 11.8 Å². The maximum atomic E-state index is 14.7. The molecule has 3 fully saturated rings. The highest BCUT2D eigenvalue weighted by Gasteiger charge is 2.44. The van der Waals surface area contributed by atoms with Gasteiger partial charge in [0, 0.05) is 31.5 Å². The molecule has 2 aromatic carbocycles. The number of carbonyl (C=O) groups excluding carboxylic acids is 7. The quantitative estimate of drug-likeness (QED) is 0.192. The summed E-state index contributed by atoms with van der Waals surface area (Å²) < 4.78 is 14.3. The summed E-state index contributed by atoms with van der Waals surface area (Å²) in [5.74, 6) is -5.51. The van der Waals surface area contributed by atoms with Crippen LogP contribution in [0.4, 0.5) is 4.39 Å². The van der Waals surface area contributed by atoms with Crippen LogP contribution >= 0.6 is 0 Å². The first kappa shape index (κ1) is 43.7. The van der Waals surface area contributed by atoms with Crippen molar-refractivity contribution in [3.63, 3.8) is 0 Å². The number of aliphatic hydroxyl groups excluding tert-OH is 1. The number of amides is 7. The molecule has 58 heavy (non-hydrogen) atoms. The van der Waals surface area contributed by atoms with Crippen molar-refractivity contribution in [3.8, 4) is 0 Å². The number of nitrogens with one attached hydrogen (secondary N) is 6. The topological polar surface area (TPSA) is 215 Å². The number of hydrogen-bond donors (Lipinski definition) is 7. The number of aliphatic hydroxyl groups is 1. The zero-order chi connectivity index (χ0) is 42.1. The zero-order valence-electron chi connectivity index (χ0n) is 33.5. The molecular formula is C42H56FN7O8. The van der Waals surface area contributed by atoms with Crippen molar-refractivity contribution in [1.29, 1.82) is 0 Å². The summed E-state index contributed by atoms with van der Waals surface area (Å²) in [5, 5.41) is 27.4. The van der Waals surface area contributed by atoms with E-state index >= 15 is 0 Å². The second-order valence-electron chi connectivity index (χ2n) is 16.1. The van der Waals surface area contributed by atoms with Gasteiger partial charge in [0.15, 0.2) is 0 Å². The van der Waals surface area contributed by atoms with E-state index in [1.54, 1.807) is 48.5 Å². The van der Waals surface area contributed by atoms with Crippen molar-refractivity contribution in [1.82, 2.24) is 36.8 Å². The molecule has 3 aliphatic rings. The largest absolute Gasteiger partial charge is 0.391 e. The molecule has 7 amide bonds. The number of hydrogen-bond acceptors (Lipinski definition) is 8. The average Bonchev–Trinajstić information content (AvgIpc) is 3.82. The monoisotopic (exact) mass is 805 g/mol. The van der Waals surface area contributed by atoms with Crippen LogP contribution in [0.15, 0.2) is 54.6 Å². The Morgan fingerprint density at radius 3 is 2.21 bits per heavy atom. The molecule has 2 aliphatic heterocycles. The van der Waals surface area contributed by atoms with Gasteiger partial charge in [0.1, 0.15) is 36.0 Å². The number of rotatable bonds is 9. The minimum Gasteiger partial charge on any atom is -0.391 e. The fourth-order valence-corrected chi connectivity index (χ4v) is 7.96. The number of fused-ring (bicyclic) bond motifs is 2. The molecule has 0 spiro atoms. The van der Waals surface area contributed by atoms with Crippen LogP contribution in [0.25, 0.3) is 0 Å². The molecule has 5 rings (SSSR count). The Kier molecular flexibility index (Phi) is 15.0. The Morgan fingerprint density at radius 2 is 1.52 bits per heavy atom. The van der Waals surface area contributed by atoms with Crippen LogP contribution in [0.3, 0.4) is 0 Å². The SMILES string of the molecule is CC(C)C[C@@H]1NC(=O)[C@@H]2CCC[C@H]2NC(=O)[C@H](C)NC(=O)C2C[C@@H](NC(=O)CCc3ccccc3F)CN2C(=O)[C@H](Cc2ccccc2)NC(=O)[C@H]([C@@H](C)O)NC1=O. The van der Waals surface area contributed by atoms with Crippen molar-refractivity contribution in [2.45, 2.75) is 127 Å². The lowest BCUT2D eigenvalue weighted by Gasteiger charge is -2.31. The van der Waals surface area contributed by atoms with Gasteiger partial charge in [-0.1, -0.05) is 68.8 Å².